The molecule has 108 valence electrons. The summed E-state index contributed by atoms with van der Waals surface area (Å²) in [7, 11) is 0. The molecule has 20 heavy (non-hydrogen) atoms. The highest BCUT2D eigenvalue weighted by Gasteiger charge is 2.43. The molecule has 1 aliphatic heterocycles. The molecule has 1 unspecified atom stereocenters. The Morgan fingerprint density at radius 2 is 1.75 bits per heavy atom. The van der Waals surface area contributed by atoms with E-state index < -0.39 is 11.6 Å². The number of urea groups is 1. The van der Waals surface area contributed by atoms with Gasteiger partial charge in [-0.25, -0.2) is 4.79 Å². The lowest BCUT2D eigenvalue weighted by Gasteiger charge is -2.22. The van der Waals surface area contributed by atoms with Gasteiger partial charge in [-0.05, 0) is 37.5 Å². The Morgan fingerprint density at radius 1 is 1.15 bits per heavy atom. The molecular weight excluding hydrogens is 256 g/mol. The molecule has 1 aliphatic rings. The molecule has 3 amide bonds. The fourth-order valence-electron chi connectivity index (χ4n) is 2.26. The molecule has 1 aromatic carbocycles. The second kappa shape index (κ2) is 5.53. The Hall–Kier alpha value is -2.04. The Bertz CT molecular complexity index is 508. The Balaban J connectivity index is 2.16. The monoisotopic (exact) mass is 276 g/mol. The van der Waals surface area contributed by atoms with Crippen LogP contribution in [0.3, 0.4) is 0 Å². The summed E-state index contributed by atoms with van der Waals surface area (Å²) >= 11 is 0. The van der Waals surface area contributed by atoms with Crippen LogP contribution in [0.4, 0.5) is 4.79 Å². The zero-order valence-corrected chi connectivity index (χ0v) is 12.0. The van der Waals surface area contributed by atoms with Gasteiger partial charge >= 0.3 is 6.03 Å². The topological polar surface area (TPSA) is 67.4 Å². The van der Waals surface area contributed by atoms with Gasteiger partial charge < -0.3 is 10.1 Å². The number of imide groups is 1. The highest BCUT2D eigenvalue weighted by Crippen LogP contribution is 2.26. The van der Waals surface area contributed by atoms with Crippen molar-refractivity contribution < 1.29 is 14.3 Å². The average molecular weight is 276 g/mol. The molecule has 1 atom stereocenters. The van der Waals surface area contributed by atoms with Gasteiger partial charge in [0.25, 0.3) is 5.91 Å². The van der Waals surface area contributed by atoms with Crippen molar-refractivity contribution in [3.05, 3.63) is 29.8 Å². The van der Waals surface area contributed by atoms with Crippen molar-refractivity contribution in [2.24, 2.45) is 0 Å². The average Bonchev–Trinajstić information content (AvgIpc) is 2.71. The van der Waals surface area contributed by atoms with Crippen LogP contribution in [0.25, 0.3) is 0 Å². The van der Waals surface area contributed by atoms with E-state index in [1.807, 2.05) is 24.3 Å². The largest absolute Gasteiger partial charge is 0.490 e. The molecule has 2 rings (SSSR count). The quantitative estimate of drug-likeness (QED) is 0.811. The summed E-state index contributed by atoms with van der Waals surface area (Å²) in [5.41, 5.74) is -0.275. The van der Waals surface area contributed by atoms with Crippen LogP contribution in [0.1, 0.15) is 39.2 Å². The number of hydrogen-bond donors (Lipinski definition) is 2. The van der Waals surface area contributed by atoms with Crippen LogP contribution >= 0.6 is 0 Å². The van der Waals surface area contributed by atoms with Gasteiger partial charge in [-0.15, -0.1) is 0 Å². The van der Waals surface area contributed by atoms with Crippen LogP contribution < -0.4 is 15.4 Å². The summed E-state index contributed by atoms with van der Waals surface area (Å²) in [6.45, 7) is 5.86. The van der Waals surface area contributed by atoms with Crippen LogP contribution in [0.5, 0.6) is 5.75 Å². The Morgan fingerprint density at radius 3 is 2.20 bits per heavy atom. The molecular formula is C15H20N2O3. The first-order valence-corrected chi connectivity index (χ1v) is 6.90. The normalized spacial score (nSPS) is 21.8. The summed E-state index contributed by atoms with van der Waals surface area (Å²) in [5, 5.41) is 4.89. The first kappa shape index (κ1) is 14.4. The van der Waals surface area contributed by atoms with Crippen molar-refractivity contribution in [1.29, 1.82) is 0 Å². The van der Waals surface area contributed by atoms with Crippen molar-refractivity contribution >= 4 is 11.9 Å². The van der Waals surface area contributed by atoms with Crippen molar-refractivity contribution in [1.82, 2.24) is 10.6 Å². The van der Waals surface area contributed by atoms with Gasteiger partial charge in [-0.2, -0.15) is 0 Å². The summed E-state index contributed by atoms with van der Waals surface area (Å²) in [5.74, 6) is 0.437. The lowest BCUT2D eigenvalue weighted by atomic mass is 9.92. The van der Waals surface area contributed by atoms with Crippen molar-refractivity contribution in [3.63, 3.8) is 0 Å². The van der Waals surface area contributed by atoms with Crippen LogP contribution in [-0.4, -0.2) is 18.0 Å². The number of hydrogen-bond acceptors (Lipinski definition) is 3. The summed E-state index contributed by atoms with van der Waals surface area (Å²) in [6, 6.07) is 6.81. The highest BCUT2D eigenvalue weighted by atomic mass is 16.5. The Labute approximate surface area is 118 Å². The lowest BCUT2D eigenvalue weighted by molar-refractivity contribution is -0.123. The van der Waals surface area contributed by atoms with Crippen molar-refractivity contribution in [2.75, 3.05) is 0 Å². The second-order valence-corrected chi connectivity index (χ2v) is 5.11. The molecule has 5 nitrogen and oxygen atoms in total. The van der Waals surface area contributed by atoms with E-state index in [4.69, 9.17) is 4.74 Å². The molecule has 0 radical (unpaired) electrons. The minimum atomic E-state index is -1.01. The predicted octanol–water partition coefficient (Wildman–Crippen LogP) is 2.31. The molecule has 0 spiro atoms. The summed E-state index contributed by atoms with van der Waals surface area (Å²) in [6.07, 6.45) is 2.11. The van der Waals surface area contributed by atoms with Crippen LogP contribution in [0.15, 0.2) is 24.3 Å². The van der Waals surface area contributed by atoms with Gasteiger partial charge in [-0.3, -0.25) is 10.1 Å². The zero-order valence-electron chi connectivity index (χ0n) is 12.0. The third-order valence-electron chi connectivity index (χ3n) is 3.69. The lowest BCUT2D eigenvalue weighted by Crippen LogP contribution is -2.40. The smallest absolute Gasteiger partial charge is 0.322 e. The molecule has 1 heterocycles. The van der Waals surface area contributed by atoms with Gasteiger partial charge in [-0.1, -0.05) is 26.0 Å². The SMILES string of the molecule is CCC(CC)Oc1ccc(C2(C)NC(=O)NC2=O)cc1. The number of carbonyl (C=O) groups excluding carboxylic acids is 2. The van der Waals surface area contributed by atoms with Crippen LogP contribution in [0, 0.1) is 0 Å². The molecule has 1 saturated heterocycles. The maximum absolute atomic E-state index is 11.8. The van der Waals surface area contributed by atoms with E-state index in [0.29, 0.717) is 0 Å². The van der Waals surface area contributed by atoms with E-state index in [9.17, 15) is 9.59 Å². The zero-order chi connectivity index (χ0) is 14.8. The highest BCUT2D eigenvalue weighted by molar-refractivity contribution is 6.07. The van der Waals surface area contributed by atoms with Gasteiger partial charge in [0.1, 0.15) is 11.3 Å². The summed E-state index contributed by atoms with van der Waals surface area (Å²) in [4.78, 5) is 23.1. The van der Waals surface area contributed by atoms with E-state index in [2.05, 4.69) is 24.5 Å². The molecule has 0 bridgehead atoms. The number of carbonyl (C=O) groups is 2. The van der Waals surface area contributed by atoms with E-state index in [1.54, 1.807) is 6.92 Å². The molecule has 2 N–H and O–H groups in total. The molecule has 5 heteroatoms. The maximum atomic E-state index is 11.8. The van der Waals surface area contributed by atoms with E-state index in [1.165, 1.54) is 0 Å². The second-order valence-electron chi connectivity index (χ2n) is 5.11. The molecule has 0 aromatic heterocycles. The number of ether oxygens (including phenoxy) is 1. The first-order chi connectivity index (χ1) is 9.49. The minimum Gasteiger partial charge on any atom is -0.490 e. The molecule has 1 fully saturated rings. The third kappa shape index (κ3) is 2.61. The van der Waals surface area contributed by atoms with E-state index in [0.717, 1.165) is 24.2 Å². The van der Waals surface area contributed by atoms with E-state index in [-0.39, 0.29) is 12.0 Å². The Kier molecular flexibility index (Phi) is 3.97. The maximum Gasteiger partial charge on any atom is 0.322 e. The number of rotatable bonds is 5. The fraction of sp³-hybridized carbons (Fsp3) is 0.467. The number of nitrogens with one attached hydrogen (secondary N) is 2. The molecule has 0 saturated carbocycles. The predicted molar refractivity (Wildman–Crippen MR) is 75.5 cm³/mol. The van der Waals surface area contributed by atoms with Crippen LogP contribution in [-0.2, 0) is 10.3 Å². The van der Waals surface area contributed by atoms with Gasteiger partial charge in [0.2, 0.25) is 0 Å². The number of amides is 3. The van der Waals surface area contributed by atoms with Crippen LogP contribution in [0.2, 0.25) is 0 Å². The van der Waals surface area contributed by atoms with Gasteiger partial charge in [0, 0.05) is 0 Å². The summed E-state index contributed by atoms with van der Waals surface area (Å²) < 4.78 is 5.82. The standard InChI is InChI=1S/C15H20N2O3/c1-4-11(5-2)20-12-8-6-10(7-9-12)15(3)13(18)16-14(19)17-15/h6-9,11H,4-5H2,1-3H3,(H2,16,17,18,19). The fourth-order valence-corrected chi connectivity index (χ4v) is 2.26. The molecule has 0 aliphatic carbocycles. The third-order valence-corrected chi connectivity index (χ3v) is 3.69. The molecule has 1 aromatic rings. The number of benzene rings is 1. The van der Waals surface area contributed by atoms with Gasteiger partial charge in [0.15, 0.2) is 0 Å². The van der Waals surface area contributed by atoms with E-state index >= 15 is 0 Å². The van der Waals surface area contributed by atoms with Crippen molar-refractivity contribution in [3.8, 4) is 5.75 Å². The minimum absolute atomic E-state index is 0.200. The first-order valence-electron chi connectivity index (χ1n) is 6.90. The van der Waals surface area contributed by atoms with Crippen molar-refractivity contribution in [2.45, 2.75) is 45.3 Å². The van der Waals surface area contributed by atoms with Gasteiger partial charge in [0.05, 0.1) is 6.10 Å².